The van der Waals surface area contributed by atoms with E-state index in [4.69, 9.17) is 20.4 Å². The molecule has 170 valence electrons. The third kappa shape index (κ3) is 4.15. The predicted octanol–water partition coefficient (Wildman–Crippen LogP) is 0.0662. The Labute approximate surface area is 184 Å². The molecule has 5 rings (SSSR count). The Hall–Kier alpha value is -3.47. The van der Waals surface area contributed by atoms with Crippen LogP contribution in [0.15, 0.2) is 30.3 Å². The van der Waals surface area contributed by atoms with Crippen molar-refractivity contribution < 1.29 is 24.2 Å². The van der Waals surface area contributed by atoms with Gasteiger partial charge in [-0.3, -0.25) is 19.5 Å². The maximum absolute atomic E-state index is 12.8. The monoisotopic (exact) mass is 442 g/mol. The number of fused-ring (bicyclic) bond motifs is 1. The summed E-state index contributed by atoms with van der Waals surface area (Å²) in [7, 11) is 0. The lowest BCUT2D eigenvalue weighted by Crippen LogP contribution is -2.41. The van der Waals surface area contributed by atoms with Crippen molar-refractivity contribution >= 4 is 24.2 Å². The highest BCUT2D eigenvalue weighted by Crippen LogP contribution is 2.54. The Morgan fingerprint density at radius 1 is 1.38 bits per heavy atom. The SMILES string of the molecule is Nc1n[nH]c(CC(=O)N2C[C@@H]3[C@H](CNC(=O)c4ccccc4)[C@H]4CC[C@]3(C2)O4)n1.O=CO. The van der Waals surface area contributed by atoms with E-state index in [1.807, 2.05) is 23.1 Å². The summed E-state index contributed by atoms with van der Waals surface area (Å²) < 4.78 is 6.37. The minimum absolute atomic E-state index is 0.0101. The van der Waals surface area contributed by atoms with Crippen LogP contribution in [-0.2, 0) is 20.7 Å². The number of carboxylic acid groups (broad SMARTS) is 1. The van der Waals surface area contributed by atoms with E-state index in [9.17, 15) is 9.59 Å². The second-order valence-electron chi connectivity index (χ2n) is 8.30. The predicted molar refractivity (Wildman–Crippen MR) is 112 cm³/mol. The Kier molecular flexibility index (Phi) is 6.08. The number of amides is 2. The number of hydrogen-bond donors (Lipinski definition) is 4. The Balaban J connectivity index is 0.000000775. The van der Waals surface area contributed by atoms with Crippen LogP contribution in [-0.4, -0.2) is 74.8 Å². The fourth-order valence-electron chi connectivity index (χ4n) is 5.20. The van der Waals surface area contributed by atoms with E-state index in [0.717, 1.165) is 12.8 Å². The van der Waals surface area contributed by atoms with E-state index in [0.29, 0.717) is 31.0 Å². The molecule has 32 heavy (non-hydrogen) atoms. The van der Waals surface area contributed by atoms with E-state index >= 15 is 0 Å². The first-order valence-electron chi connectivity index (χ1n) is 10.5. The topological polar surface area (TPSA) is 164 Å². The molecule has 4 atom stereocenters. The van der Waals surface area contributed by atoms with Gasteiger partial charge in [0.25, 0.3) is 12.4 Å². The summed E-state index contributed by atoms with van der Waals surface area (Å²) in [6, 6.07) is 9.21. The fraction of sp³-hybridized carbons (Fsp3) is 0.476. The summed E-state index contributed by atoms with van der Waals surface area (Å²) in [5.74, 6) is 0.983. The van der Waals surface area contributed by atoms with E-state index in [1.54, 1.807) is 12.1 Å². The standard InChI is InChI=1S/C20H24N6O3.CH2O2/c21-19-23-16(24-25-19)8-17(27)26-10-14-13(15-6-7-20(14,11-26)29-15)9-22-18(28)12-4-2-1-3-5-12;2-1-3/h1-5,13-15H,6-11H2,(H,22,28)(H3,21,23,24,25);1H,(H,2,3)/t13-,14+,15+,20+;/m0./s1. The van der Waals surface area contributed by atoms with Gasteiger partial charge in [-0.05, 0) is 25.0 Å². The summed E-state index contributed by atoms with van der Waals surface area (Å²) >= 11 is 0. The molecule has 5 N–H and O–H groups in total. The Morgan fingerprint density at radius 3 is 2.81 bits per heavy atom. The molecule has 2 aromatic rings. The molecule has 2 bridgehead atoms. The Morgan fingerprint density at radius 2 is 2.12 bits per heavy atom. The number of aromatic amines is 1. The number of likely N-dealkylation sites (tertiary alicyclic amines) is 1. The molecule has 0 aliphatic carbocycles. The first kappa shape index (κ1) is 21.8. The van der Waals surface area contributed by atoms with Crippen molar-refractivity contribution in [3.05, 3.63) is 41.7 Å². The van der Waals surface area contributed by atoms with Gasteiger partial charge in [0, 0.05) is 30.5 Å². The zero-order valence-corrected chi connectivity index (χ0v) is 17.4. The molecule has 1 aromatic carbocycles. The van der Waals surface area contributed by atoms with Crippen molar-refractivity contribution in [1.82, 2.24) is 25.4 Å². The third-order valence-electron chi connectivity index (χ3n) is 6.54. The molecule has 2 amide bonds. The number of benzene rings is 1. The molecule has 11 heteroatoms. The molecule has 4 heterocycles. The number of nitrogens with one attached hydrogen (secondary N) is 2. The van der Waals surface area contributed by atoms with Gasteiger partial charge in [-0.2, -0.15) is 4.98 Å². The number of ether oxygens (including phenoxy) is 1. The zero-order chi connectivity index (χ0) is 22.7. The van der Waals surface area contributed by atoms with Crippen molar-refractivity contribution in [1.29, 1.82) is 0 Å². The van der Waals surface area contributed by atoms with Crippen molar-refractivity contribution in [2.45, 2.75) is 31.0 Å². The van der Waals surface area contributed by atoms with Crippen LogP contribution in [0.25, 0.3) is 0 Å². The molecule has 11 nitrogen and oxygen atoms in total. The quantitative estimate of drug-likeness (QED) is 0.472. The van der Waals surface area contributed by atoms with Gasteiger partial charge in [-0.1, -0.05) is 18.2 Å². The zero-order valence-electron chi connectivity index (χ0n) is 17.4. The number of aromatic nitrogens is 3. The van der Waals surface area contributed by atoms with Crippen molar-refractivity contribution in [2.24, 2.45) is 11.8 Å². The normalized spacial score (nSPS) is 27.4. The van der Waals surface area contributed by atoms with Crippen LogP contribution in [0.1, 0.15) is 29.0 Å². The first-order chi connectivity index (χ1) is 15.5. The molecule has 0 saturated carbocycles. The van der Waals surface area contributed by atoms with Crippen LogP contribution in [0.5, 0.6) is 0 Å². The number of nitrogens with zero attached hydrogens (tertiary/aromatic N) is 3. The van der Waals surface area contributed by atoms with E-state index < -0.39 is 0 Å². The average molecular weight is 442 g/mol. The van der Waals surface area contributed by atoms with Crippen LogP contribution >= 0.6 is 0 Å². The summed E-state index contributed by atoms with van der Waals surface area (Å²) in [6.07, 6.45) is 2.24. The minimum atomic E-state index is -0.275. The van der Waals surface area contributed by atoms with Gasteiger partial charge in [-0.15, -0.1) is 5.10 Å². The van der Waals surface area contributed by atoms with Crippen molar-refractivity contribution in [3.8, 4) is 0 Å². The van der Waals surface area contributed by atoms with E-state index in [-0.39, 0.29) is 54.2 Å². The smallest absolute Gasteiger partial charge is 0.290 e. The number of carbonyl (C=O) groups is 3. The van der Waals surface area contributed by atoms with Gasteiger partial charge in [0.15, 0.2) is 0 Å². The number of carbonyl (C=O) groups excluding carboxylic acids is 2. The highest BCUT2D eigenvalue weighted by Gasteiger charge is 2.63. The van der Waals surface area contributed by atoms with Crippen LogP contribution in [0.2, 0.25) is 0 Å². The summed E-state index contributed by atoms with van der Waals surface area (Å²) in [5, 5.41) is 16.4. The minimum Gasteiger partial charge on any atom is -0.483 e. The van der Waals surface area contributed by atoms with Crippen LogP contribution in [0, 0.1) is 11.8 Å². The average Bonchev–Trinajstić information content (AvgIpc) is 3.54. The van der Waals surface area contributed by atoms with Crippen LogP contribution < -0.4 is 11.1 Å². The second kappa shape index (κ2) is 8.95. The van der Waals surface area contributed by atoms with Gasteiger partial charge < -0.3 is 25.8 Å². The van der Waals surface area contributed by atoms with E-state index in [1.165, 1.54) is 0 Å². The molecule has 0 radical (unpaired) electrons. The number of hydrogen-bond acceptors (Lipinski definition) is 7. The van der Waals surface area contributed by atoms with Crippen LogP contribution in [0.3, 0.4) is 0 Å². The van der Waals surface area contributed by atoms with Crippen LogP contribution in [0.4, 0.5) is 5.95 Å². The molecular weight excluding hydrogens is 416 g/mol. The van der Waals surface area contributed by atoms with E-state index in [2.05, 4.69) is 20.5 Å². The van der Waals surface area contributed by atoms with Gasteiger partial charge in [-0.25, -0.2) is 0 Å². The van der Waals surface area contributed by atoms with Gasteiger partial charge in [0.05, 0.1) is 24.7 Å². The highest BCUT2D eigenvalue weighted by molar-refractivity contribution is 5.94. The summed E-state index contributed by atoms with van der Waals surface area (Å²) in [5.41, 5.74) is 5.89. The van der Waals surface area contributed by atoms with Gasteiger partial charge >= 0.3 is 0 Å². The summed E-state index contributed by atoms with van der Waals surface area (Å²) in [4.78, 5) is 39.4. The second-order valence-corrected chi connectivity index (χ2v) is 8.30. The lowest BCUT2D eigenvalue weighted by Gasteiger charge is -2.29. The number of anilines is 1. The Bertz CT molecular complexity index is 982. The largest absolute Gasteiger partial charge is 0.483 e. The molecule has 1 spiro atoms. The molecule has 3 aliphatic heterocycles. The first-order valence-corrected chi connectivity index (χ1v) is 10.5. The number of nitrogen functional groups attached to an aromatic ring is 1. The number of nitrogens with two attached hydrogens (primary N) is 1. The maximum Gasteiger partial charge on any atom is 0.290 e. The van der Waals surface area contributed by atoms with Gasteiger partial charge in [0.2, 0.25) is 11.9 Å². The molecule has 3 saturated heterocycles. The highest BCUT2D eigenvalue weighted by atomic mass is 16.5. The molecule has 1 aromatic heterocycles. The molecule has 0 unspecified atom stereocenters. The summed E-state index contributed by atoms with van der Waals surface area (Å²) in [6.45, 7) is 1.55. The number of rotatable bonds is 5. The van der Waals surface area contributed by atoms with Crippen molar-refractivity contribution in [3.63, 3.8) is 0 Å². The molecular formula is C21H26N6O5. The van der Waals surface area contributed by atoms with Gasteiger partial charge in [0.1, 0.15) is 5.82 Å². The molecule has 3 fully saturated rings. The third-order valence-corrected chi connectivity index (χ3v) is 6.54. The number of H-pyrrole nitrogens is 1. The lowest BCUT2D eigenvalue weighted by atomic mass is 9.73. The fourth-order valence-corrected chi connectivity index (χ4v) is 5.20. The molecule has 3 aliphatic rings. The van der Waals surface area contributed by atoms with Crippen molar-refractivity contribution in [2.75, 3.05) is 25.4 Å². The maximum atomic E-state index is 12.8. The lowest BCUT2D eigenvalue weighted by molar-refractivity contribution is -0.131.